The second-order valence-electron chi connectivity index (χ2n) is 4.45. The zero-order valence-electron chi connectivity index (χ0n) is 11.0. The average molecular weight is 262 g/mol. The van der Waals surface area contributed by atoms with E-state index in [9.17, 15) is 9.59 Å². The van der Waals surface area contributed by atoms with E-state index in [4.69, 9.17) is 4.74 Å². The lowest BCUT2D eigenvalue weighted by molar-refractivity contribution is -0.128. The van der Waals surface area contributed by atoms with Crippen molar-refractivity contribution in [3.05, 3.63) is 35.9 Å². The van der Waals surface area contributed by atoms with Crippen molar-refractivity contribution in [1.82, 2.24) is 10.2 Å². The number of nitrogens with one attached hydrogen (secondary N) is 1. The van der Waals surface area contributed by atoms with Crippen molar-refractivity contribution in [3.63, 3.8) is 0 Å². The summed E-state index contributed by atoms with van der Waals surface area (Å²) in [6.07, 6.45) is 0.164. The van der Waals surface area contributed by atoms with Crippen LogP contribution in [0.25, 0.3) is 0 Å². The Morgan fingerprint density at radius 1 is 1.42 bits per heavy atom. The van der Waals surface area contributed by atoms with Crippen LogP contribution in [0.1, 0.15) is 18.9 Å². The number of amides is 2. The van der Waals surface area contributed by atoms with Crippen molar-refractivity contribution < 1.29 is 14.3 Å². The molecule has 0 aromatic heterocycles. The molecule has 2 rings (SSSR count). The van der Waals surface area contributed by atoms with Gasteiger partial charge in [-0.1, -0.05) is 37.3 Å². The zero-order chi connectivity index (χ0) is 13.7. The summed E-state index contributed by atoms with van der Waals surface area (Å²) in [6, 6.07) is 9.07. The Morgan fingerprint density at radius 3 is 2.84 bits per heavy atom. The quantitative estimate of drug-likeness (QED) is 0.898. The van der Waals surface area contributed by atoms with Gasteiger partial charge in [-0.15, -0.1) is 0 Å². The molecule has 1 unspecified atom stereocenters. The van der Waals surface area contributed by atoms with Gasteiger partial charge in [-0.05, 0) is 12.0 Å². The summed E-state index contributed by atoms with van der Waals surface area (Å²) in [5.41, 5.74) is 0.936. The van der Waals surface area contributed by atoms with Crippen molar-refractivity contribution in [2.45, 2.75) is 26.0 Å². The first kappa shape index (κ1) is 13.4. The monoisotopic (exact) mass is 262 g/mol. The topological polar surface area (TPSA) is 58.6 Å². The van der Waals surface area contributed by atoms with Gasteiger partial charge in [0.15, 0.2) is 0 Å². The summed E-state index contributed by atoms with van der Waals surface area (Å²) in [4.78, 5) is 25.2. The third-order valence-electron chi connectivity index (χ3n) is 3.16. The highest BCUT2D eigenvalue weighted by Gasteiger charge is 2.32. The second kappa shape index (κ2) is 6.22. The van der Waals surface area contributed by atoms with Crippen LogP contribution in [-0.4, -0.2) is 36.0 Å². The van der Waals surface area contributed by atoms with Crippen LogP contribution < -0.4 is 5.32 Å². The Bertz CT molecular complexity index is 447. The molecule has 1 aliphatic rings. The Balaban J connectivity index is 1.93. The lowest BCUT2D eigenvalue weighted by Crippen LogP contribution is -2.56. The maximum atomic E-state index is 12.0. The summed E-state index contributed by atoms with van der Waals surface area (Å²) < 4.78 is 5.25. The normalized spacial score (nSPS) is 18.9. The molecule has 0 aliphatic carbocycles. The molecule has 1 fully saturated rings. The van der Waals surface area contributed by atoms with Crippen molar-refractivity contribution in [3.8, 4) is 0 Å². The number of ether oxygens (including phenoxy) is 1. The molecule has 0 spiro atoms. The molecular weight excluding hydrogens is 244 g/mol. The Hall–Kier alpha value is -2.04. The third kappa shape index (κ3) is 3.24. The van der Waals surface area contributed by atoms with Gasteiger partial charge in [0.05, 0.1) is 0 Å². The molecule has 2 amide bonds. The van der Waals surface area contributed by atoms with Crippen LogP contribution in [0.3, 0.4) is 0 Å². The SMILES string of the molecule is CCC1C(=O)NCCN1C(=O)OCc1ccccc1. The van der Waals surface area contributed by atoms with E-state index in [-0.39, 0.29) is 12.5 Å². The number of nitrogens with zero attached hydrogens (tertiary/aromatic N) is 1. The lowest BCUT2D eigenvalue weighted by atomic mass is 10.1. The minimum Gasteiger partial charge on any atom is -0.445 e. The molecule has 1 aromatic carbocycles. The standard InChI is InChI=1S/C14H18N2O3/c1-2-12-13(17)15-8-9-16(12)14(18)19-10-11-6-4-3-5-7-11/h3-7,12H,2,8-10H2,1H3,(H,15,17). The van der Waals surface area contributed by atoms with Crippen molar-refractivity contribution in [2.75, 3.05) is 13.1 Å². The zero-order valence-corrected chi connectivity index (χ0v) is 11.0. The maximum Gasteiger partial charge on any atom is 0.410 e. The molecule has 102 valence electrons. The first-order valence-electron chi connectivity index (χ1n) is 6.47. The van der Waals surface area contributed by atoms with Crippen LogP contribution in [0, 0.1) is 0 Å². The summed E-state index contributed by atoms with van der Waals surface area (Å²) >= 11 is 0. The fourth-order valence-electron chi connectivity index (χ4n) is 2.14. The van der Waals surface area contributed by atoms with Gasteiger partial charge in [-0.25, -0.2) is 4.79 Å². The van der Waals surface area contributed by atoms with Gasteiger partial charge in [0, 0.05) is 13.1 Å². The molecule has 1 aromatic rings. The van der Waals surface area contributed by atoms with Crippen LogP contribution in [-0.2, 0) is 16.1 Å². The molecule has 0 radical (unpaired) electrons. The van der Waals surface area contributed by atoms with Crippen LogP contribution in [0.15, 0.2) is 30.3 Å². The van der Waals surface area contributed by atoms with Crippen molar-refractivity contribution in [1.29, 1.82) is 0 Å². The molecule has 5 heteroatoms. The minimum absolute atomic E-state index is 0.106. The molecule has 1 saturated heterocycles. The molecule has 1 atom stereocenters. The molecule has 0 bridgehead atoms. The highest BCUT2D eigenvalue weighted by molar-refractivity contribution is 5.86. The number of hydrogen-bond acceptors (Lipinski definition) is 3. The lowest BCUT2D eigenvalue weighted by Gasteiger charge is -2.33. The Kier molecular flexibility index (Phi) is 4.39. The summed E-state index contributed by atoms with van der Waals surface area (Å²) in [5, 5.41) is 2.75. The first-order valence-corrected chi connectivity index (χ1v) is 6.47. The largest absolute Gasteiger partial charge is 0.445 e. The molecule has 19 heavy (non-hydrogen) atoms. The maximum absolute atomic E-state index is 12.0. The summed E-state index contributed by atoms with van der Waals surface area (Å²) in [6.45, 7) is 3.09. The van der Waals surface area contributed by atoms with Gasteiger partial charge in [-0.3, -0.25) is 9.69 Å². The number of piperazine rings is 1. The summed E-state index contributed by atoms with van der Waals surface area (Å²) in [5.74, 6) is -0.106. The van der Waals surface area contributed by atoms with Crippen LogP contribution in [0.4, 0.5) is 4.79 Å². The van der Waals surface area contributed by atoms with Crippen molar-refractivity contribution >= 4 is 12.0 Å². The second-order valence-corrected chi connectivity index (χ2v) is 4.45. The molecule has 0 saturated carbocycles. The van der Waals surface area contributed by atoms with Crippen LogP contribution in [0.5, 0.6) is 0 Å². The van der Waals surface area contributed by atoms with Gasteiger partial charge >= 0.3 is 6.09 Å². The van der Waals surface area contributed by atoms with E-state index in [1.165, 1.54) is 4.90 Å². The highest BCUT2D eigenvalue weighted by Crippen LogP contribution is 2.11. The van der Waals surface area contributed by atoms with Gasteiger partial charge < -0.3 is 10.1 Å². The predicted octanol–water partition coefficient (Wildman–Crippen LogP) is 1.53. The van der Waals surface area contributed by atoms with E-state index in [1.54, 1.807) is 0 Å². The Morgan fingerprint density at radius 2 is 2.16 bits per heavy atom. The number of hydrogen-bond donors (Lipinski definition) is 1. The number of rotatable bonds is 3. The predicted molar refractivity (Wildman–Crippen MR) is 70.4 cm³/mol. The molecule has 1 heterocycles. The summed E-state index contributed by atoms with van der Waals surface area (Å²) in [7, 11) is 0. The van der Waals surface area contributed by atoms with Gasteiger partial charge in [0.1, 0.15) is 12.6 Å². The van der Waals surface area contributed by atoms with E-state index < -0.39 is 12.1 Å². The molecular formula is C14H18N2O3. The fraction of sp³-hybridized carbons (Fsp3) is 0.429. The van der Waals surface area contributed by atoms with Crippen LogP contribution >= 0.6 is 0 Å². The van der Waals surface area contributed by atoms with Gasteiger partial charge in [0.25, 0.3) is 0 Å². The number of carbonyl (C=O) groups is 2. The highest BCUT2D eigenvalue weighted by atomic mass is 16.6. The molecule has 5 nitrogen and oxygen atoms in total. The van der Waals surface area contributed by atoms with Crippen molar-refractivity contribution in [2.24, 2.45) is 0 Å². The van der Waals surface area contributed by atoms with E-state index >= 15 is 0 Å². The average Bonchev–Trinajstić information content (AvgIpc) is 2.45. The Labute approximate surface area is 112 Å². The number of benzene rings is 1. The smallest absolute Gasteiger partial charge is 0.410 e. The van der Waals surface area contributed by atoms with E-state index in [2.05, 4.69) is 5.32 Å². The van der Waals surface area contributed by atoms with Gasteiger partial charge in [-0.2, -0.15) is 0 Å². The molecule has 1 aliphatic heterocycles. The van der Waals surface area contributed by atoms with Gasteiger partial charge in [0.2, 0.25) is 5.91 Å². The van der Waals surface area contributed by atoms with Crippen LogP contribution in [0.2, 0.25) is 0 Å². The third-order valence-corrected chi connectivity index (χ3v) is 3.16. The molecule has 1 N–H and O–H groups in total. The fourth-order valence-corrected chi connectivity index (χ4v) is 2.14. The van der Waals surface area contributed by atoms with E-state index in [0.29, 0.717) is 19.5 Å². The van der Waals surface area contributed by atoms with E-state index in [0.717, 1.165) is 5.56 Å². The first-order chi connectivity index (χ1) is 9.22. The van der Waals surface area contributed by atoms with E-state index in [1.807, 2.05) is 37.3 Å². The number of carbonyl (C=O) groups excluding carboxylic acids is 2. The minimum atomic E-state index is -0.425.